The largest absolute Gasteiger partial charge is 0.324 e. The second-order valence-electron chi connectivity index (χ2n) is 6.05. The molecule has 3 aromatic rings. The zero-order valence-corrected chi connectivity index (χ0v) is 14.9. The Morgan fingerprint density at radius 2 is 1.41 bits per heavy atom. The Morgan fingerprint density at radius 3 is 2.00 bits per heavy atom. The topological polar surface area (TPSA) is 84.0 Å². The van der Waals surface area contributed by atoms with E-state index < -0.39 is 23.4 Å². The van der Waals surface area contributed by atoms with Crippen molar-refractivity contribution in [3.63, 3.8) is 0 Å². The van der Waals surface area contributed by atoms with Crippen molar-refractivity contribution in [2.75, 3.05) is 10.6 Å². The standard InChI is InChI=1S/C19H16F2N4O2/c1-9-10(2)23-16-6-12(4-5-15(16)22-9)19(27)25-18-8-14(21)13(20)7-17(18)24-11(3)26/h4-8H,1-3H3,(H,24,26)(H,25,27). The molecular formula is C19H16F2N4O2. The van der Waals surface area contributed by atoms with Gasteiger partial charge in [0.1, 0.15) is 0 Å². The van der Waals surface area contributed by atoms with E-state index >= 15 is 0 Å². The third-order valence-electron chi connectivity index (χ3n) is 3.96. The van der Waals surface area contributed by atoms with Gasteiger partial charge < -0.3 is 10.6 Å². The van der Waals surface area contributed by atoms with Crippen LogP contribution in [-0.2, 0) is 4.79 Å². The van der Waals surface area contributed by atoms with Gasteiger partial charge in [-0.2, -0.15) is 0 Å². The van der Waals surface area contributed by atoms with Crippen molar-refractivity contribution in [2.45, 2.75) is 20.8 Å². The lowest BCUT2D eigenvalue weighted by atomic mass is 10.1. The summed E-state index contributed by atoms with van der Waals surface area (Å²) in [6.45, 7) is 4.88. The molecule has 3 rings (SSSR count). The first kappa shape index (κ1) is 18.4. The van der Waals surface area contributed by atoms with Crippen molar-refractivity contribution in [1.29, 1.82) is 0 Å². The molecule has 0 atom stereocenters. The SMILES string of the molecule is CC(=O)Nc1cc(F)c(F)cc1NC(=O)c1ccc2nc(C)c(C)nc2c1. The normalized spacial score (nSPS) is 10.7. The van der Waals surface area contributed by atoms with Crippen LogP contribution < -0.4 is 10.6 Å². The predicted molar refractivity (Wildman–Crippen MR) is 97.6 cm³/mol. The Balaban J connectivity index is 1.95. The molecule has 0 saturated carbocycles. The molecule has 0 fully saturated rings. The summed E-state index contributed by atoms with van der Waals surface area (Å²) in [5.41, 5.74) is 2.88. The average Bonchev–Trinajstić information content (AvgIpc) is 2.59. The first-order valence-corrected chi connectivity index (χ1v) is 8.07. The van der Waals surface area contributed by atoms with Gasteiger partial charge in [0.25, 0.3) is 5.91 Å². The van der Waals surface area contributed by atoms with Gasteiger partial charge in [0.05, 0.1) is 33.8 Å². The molecule has 0 unspecified atom stereocenters. The number of benzene rings is 2. The molecule has 0 aliphatic heterocycles. The highest BCUT2D eigenvalue weighted by Gasteiger charge is 2.15. The third-order valence-corrected chi connectivity index (χ3v) is 3.96. The van der Waals surface area contributed by atoms with Gasteiger partial charge in [0.2, 0.25) is 5.91 Å². The lowest BCUT2D eigenvalue weighted by molar-refractivity contribution is -0.114. The molecule has 1 heterocycles. The molecule has 0 bridgehead atoms. The molecule has 0 spiro atoms. The van der Waals surface area contributed by atoms with Crippen molar-refractivity contribution in [2.24, 2.45) is 0 Å². The van der Waals surface area contributed by atoms with E-state index in [-0.39, 0.29) is 16.9 Å². The lowest BCUT2D eigenvalue weighted by Crippen LogP contribution is -2.16. The van der Waals surface area contributed by atoms with E-state index in [1.54, 1.807) is 18.2 Å². The number of nitrogens with one attached hydrogen (secondary N) is 2. The summed E-state index contributed by atoms with van der Waals surface area (Å²) in [6.07, 6.45) is 0. The van der Waals surface area contributed by atoms with Gasteiger partial charge in [-0.1, -0.05) is 0 Å². The van der Waals surface area contributed by atoms with Crippen LogP contribution in [-0.4, -0.2) is 21.8 Å². The molecule has 2 aromatic carbocycles. The number of amides is 2. The minimum absolute atomic E-state index is 0.0400. The Labute approximate surface area is 153 Å². The molecular weight excluding hydrogens is 354 g/mol. The Kier molecular flexibility index (Phi) is 4.81. The molecule has 0 saturated heterocycles. The van der Waals surface area contributed by atoms with Gasteiger partial charge in [0, 0.05) is 24.6 Å². The van der Waals surface area contributed by atoms with E-state index in [0.29, 0.717) is 11.0 Å². The van der Waals surface area contributed by atoms with Crippen LogP contribution in [0, 0.1) is 25.5 Å². The maximum absolute atomic E-state index is 13.6. The quantitative estimate of drug-likeness (QED) is 0.736. The molecule has 1 aromatic heterocycles. The number of nitrogens with zero attached hydrogens (tertiary/aromatic N) is 2. The average molecular weight is 370 g/mol. The number of aryl methyl sites for hydroxylation is 2. The molecule has 2 N–H and O–H groups in total. The zero-order chi connectivity index (χ0) is 19.7. The number of hydrogen-bond acceptors (Lipinski definition) is 4. The summed E-state index contributed by atoms with van der Waals surface area (Å²) in [5, 5.41) is 4.84. The molecule has 27 heavy (non-hydrogen) atoms. The summed E-state index contributed by atoms with van der Waals surface area (Å²) in [5.74, 6) is -3.32. The van der Waals surface area contributed by atoms with E-state index in [1.807, 2.05) is 13.8 Å². The molecule has 6 nitrogen and oxygen atoms in total. The van der Waals surface area contributed by atoms with Gasteiger partial charge in [-0.3, -0.25) is 9.59 Å². The first-order valence-electron chi connectivity index (χ1n) is 8.07. The van der Waals surface area contributed by atoms with Crippen molar-refractivity contribution >= 4 is 34.2 Å². The van der Waals surface area contributed by atoms with Crippen LogP contribution in [0.15, 0.2) is 30.3 Å². The van der Waals surface area contributed by atoms with Crippen LogP contribution in [0.2, 0.25) is 0 Å². The predicted octanol–water partition coefficient (Wildman–Crippen LogP) is 3.74. The highest BCUT2D eigenvalue weighted by atomic mass is 19.2. The number of aromatic nitrogens is 2. The lowest BCUT2D eigenvalue weighted by Gasteiger charge is -2.12. The van der Waals surface area contributed by atoms with Gasteiger partial charge in [-0.15, -0.1) is 0 Å². The molecule has 0 aliphatic rings. The fourth-order valence-electron chi connectivity index (χ4n) is 2.51. The number of halogens is 2. The number of hydrogen-bond donors (Lipinski definition) is 2. The highest BCUT2D eigenvalue weighted by molar-refractivity contribution is 6.08. The van der Waals surface area contributed by atoms with Gasteiger partial charge in [-0.05, 0) is 32.0 Å². The van der Waals surface area contributed by atoms with E-state index in [4.69, 9.17) is 0 Å². The fourth-order valence-corrected chi connectivity index (χ4v) is 2.51. The highest BCUT2D eigenvalue weighted by Crippen LogP contribution is 2.26. The van der Waals surface area contributed by atoms with Crippen molar-refractivity contribution in [3.05, 3.63) is 58.9 Å². The van der Waals surface area contributed by atoms with Crippen molar-refractivity contribution in [3.8, 4) is 0 Å². The molecule has 0 radical (unpaired) electrons. The van der Waals surface area contributed by atoms with Crippen LogP contribution in [0.1, 0.15) is 28.7 Å². The van der Waals surface area contributed by atoms with Gasteiger partial charge in [0.15, 0.2) is 11.6 Å². The van der Waals surface area contributed by atoms with Gasteiger partial charge >= 0.3 is 0 Å². The minimum atomic E-state index is -1.14. The van der Waals surface area contributed by atoms with E-state index in [9.17, 15) is 18.4 Å². The molecule has 0 aliphatic carbocycles. The van der Waals surface area contributed by atoms with E-state index in [0.717, 1.165) is 23.5 Å². The zero-order valence-electron chi connectivity index (χ0n) is 14.9. The van der Waals surface area contributed by atoms with Crippen LogP contribution in [0.25, 0.3) is 11.0 Å². The summed E-state index contributed by atoms with van der Waals surface area (Å²) in [4.78, 5) is 32.6. The smallest absolute Gasteiger partial charge is 0.255 e. The molecule has 8 heteroatoms. The van der Waals surface area contributed by atoms with E-state index in [2.05, 4.69) is 20.6 Å². The number of rotatable bonds is 3. The van der Waals surface area contributed by atoms with Gasteiger partial charge in [-0.25, -0.2) is 18.7 Å². The summed E-state index contributed by atoms with van der Waals surface area (Å²) in [6, 6.07) is 6.39. The number of anilines is 2. The number of fused-ring (bicyclic) bond motifs is 1. The Bertz CT molecular complexity index is 1080. The van der Waals surface area contributed by atoms with Crippen LogP contribution in [0.5, 0.6) is 0 Å². The third kappa shape index (κ3) is 3.89. The molecule has 138 valence electrons. The van der Waals surface area contributed by atoms with Crippen LogP contribution in [0.4, 0.5) is 20.2 Å². The maximum atomic E-state index is 13.6. The van der Waals surface area contributed by atoms with Crippen molar-refractivity contribution in [1.82, 2.24) is 9.97 Å². The van der Waals surface area contributed by atoms with Crippen molar-refractivity contribution < 1.29 is 18.4 Å². The Hall–Kier alpha value is -3.42. The fraction of sp³-hybridized carbons (Fsp3) is 0.158. The maximum Gasteiger partial charge on any atom is 0.255 e. The van der Waals surface area contributed by atoms with E-state index in [1.165, 1.54) is 6.92 Å². The number of carbonyl (C=O) groups is 2. The second-order valence-corrected chi connectivity index (χ2v) is 6.05. The molecule has 2 amide bonds. The van der Waals surface area contributed by atoms with Crippen LogP contribution in [0.3, 0.4) is 0 Å². The first-order chi connectivity index (χ1) is 12.7. The number of carbonyl (C=O) groups excluding carboxylic acids is 2. The Morgan fingerprint density at radius 1 is 0.852 bits per heavy atom. The monoisotopic (exact) mass is 370 g/mol. The summed E-state index contributed by atoms with van der Waals surface area (Å²) < 4.78 is 27.0. The summed E-state index contributed by atoms with van der Waals surface area (Å²) >= 11 is 0. The summed E-state index contributed by atoms with van der Waals surface area (Å²) in [7, 11) is 0. The van der Waals surface area contributed by atoms with Crippen LogP contribution >= 0.6 is 0 Å². The second kappa shape index (κ2) is 7.06. The minimum Gasteiger partial charge on any atom is -0.324 e.